The van der Waals surface area contributed by atoms with Crippen LogP contribution in [0.1, 0.15) is 25.0 Å². The van der Waals surface area contributed by atoms with Crippen molar-refractivity contribution in [2.75, 3.05) is 0 Å². The lowest BCUT2D eigenvalue weighted by Crippen LogP contribution is -2.15. The highest BCUT2D eigenvalue weighted by molar-refractivity contribution is 6.22. The van der Waals surface area contributed by atoms with Crippen LogP contribution in [0.5, 0.6) is 0 Å². The fourth-order valence-corrected chi connectivity index (χ4v) is 7.88. The van der Waals surface area contributed by atoms with Crippen LogP contribution in [0.2, 0.25) is 0 Å². The molecule has 0 aliphatic heterocycles. The topological polar surface area (TPSA) is 0 Å². The largest absolute Gasteiger partial charge is 0.0622 e. The molecule has 0 nitrogen and oxygen atoms in total. The molecular weight excluding hydrogens is 540 g/mol. The Morgan fingerprint density at radius 3 is 1.51 bits per heavy atom. The summed E-state index contributed by atoms with van der Waals surface area (Å²) in [5, 5.41) is 7.74. The van der Waals surface area contributed by atoms with E-state index >= 15 is 0 Å². The Hall–Kier alpha value is -5.46. The molecule has 0 spiro atoms. The van der Waals surface area contributed by atoms with Crippen molar-refractivity contribution in [3.05, 3.63) is 169 Å². The van der Waals surface area contributed by atoms with Gasteiger partial charge in [-0.2, -0.15) is 0 Å². The molecule has 0 saturated heterocycles. The molecule has 8 aromatic rings. The van der Waals surface area contributed by atoms with Crippen LogP contribution in [0.4, 0.5) is 0 Å². The molecule has 0 radical (unpaired) electrons. The third-order valence-corrected chi connectivity index (χ3v) is 10.0. The molecule has 0 atom stereocenters. The molecule has 0 heterocycles. The van der Waals surface area contributed by atoms with Gasteiger partial charge in [0, 0.05) is 5.41 Å². The zero-order valence-corrected chi connectivity index (χ0v) is 25.5. The van der Waals surface area contributed by atoms with E-state index < -0.39 is 0 Å². The summed E-state index contributed by atoms with van der Waals surface area (Å²) in [6.07, 6.45) is 0. The Kier molecular flexibility index (Phi) is 5.64. The first-order valence-corrected chi connectivity index (χ1v) is 15.9. The summed E-state index contributed by atoms with van der Waals surface area (Å²) in [5.41, 5.74) is 13.1. The highest BCUT2D eigenvalue weighted by Crippen LogP contribution is 2.52. The van der Waals surface area contributed by atoms with Crippen molar-refractivity contribution in [2.24, 2.45) is 0 Å². The van der Waals surface area contributed by atoms with Gasteiger partial charge in [0.15, 0.2) is 0 Å². The van der Waals surface area contributed by atoms with Crippen molar-refractivity contribution >= 4 is 32.3 Å². The molecule has 0 saturated carbocycles. The van der Waals surface area contributed by atoms with E-state index in [9.17, 15) is 0 Å². The van der Waals surface area contributed by atoms with Crippen LogP contribution in [0.25, 0.3) is 76.8 Å². The van der Waals surface area contributed by atoms with Gasteiger partial charge in [-0.3, -0.25) is 0 Å². The number of hydrogen-bond acceptors (Lipinski definition) is 0. The van der Waals surface area contributed by atoms with Gasteiger partial charge in [-0.1, -0.05) is 153 Å². The standard InChI is InChI=1S/C45H32/c1-45(2)41-28-32(24-25-34(41)40-26-30-16-6-7-17-31(30)27-42(40)45)43-36-20-10-12-22-38(36)44(39-23-13-11-21-37(39)43)35-19-9-8-18-33(35)29-14-4-3-5-15-29/h3-28H,1-2H3. The molecule has 0 amide bonds. The Morgan fingerprint density at radius 1 is 0.333 bits per heavy atom. The first kappa shape index (κ1) is 26.0. The van der Waals surface area contributed by atoms with Gasteiger partial charge in [0.25, 0.3) is 0 Å². The van der Waals surface area contributed by atoms with Gasteiger partial charge in [-0.15, -0.1) is 0 Å². The van der Waals surface area contributed by atoms with Gasteiger partial charge in [-0.25, -0.2) is 0 Å². The van der Waals surface area contributed by atoms with Crippen LogP contribution in [-0.4, -0.2) is 0 Å². The second kappa shape index (κ2) is 9.78. The second-order valence-electron chi connectivity index (χ2n) is 12.9. The lowest BCUT2D eigenvalue weighted by molar-refractivity contribution is 0.661. The van der Waals surface area contributed by atoms with Crippen molar-refractivity contribution < 1.29 is 0 Å². The summed E-state index contributed by atoms with van der Waals surface area (Å²) >= 11 is 0. The minimum absolute atomic E-state index is 0.0924. The van der Waals surface area contributed by atoms with E-state index in [2.05, 4.69) is 172 Å². The zero-order chi connectivity index (χ0) is 30.1. The first-order chi connectivity index (χ1) is 22.1. The molecular formula is C45H32. The van der Waals surface area contributed by atoms with E-state index in [0.717, 1.165) is 0 Å². The predicted molar refractivity (Wildman–Crippen MR) is 193 cm³/mol. The first-order valence-electron chi connectivity index (χ1n) is 15.9. The van der Waals surface area contributed by atoms with E-state index in [-0.39, 0.29) is 5.41 Å². The summed E-state index contributed by atoms with van der Waals surface area (Å²) < 4.78 is 0. The van der Waals surface area contributed by atoms with Crippen LogP contribution in [-0.2, 0) is 5.41 Å². The van der Waals surface area contributed by atoms with Crippen LogP contribution >= 0.6 is 0 Å². The summed E-state index contributed by atoms with van der Waals surface area (Å²) in [7, 11) is 0. The van der Waals surface area contributed by atoms with Crippen LogP contribution in [0, 0.1) is 0 Å². The number of benzene rings is 8. The Balaban J connectivity index is 1.32. The third-order valence-electron chi connectivity index (χ3n) is 10.0. The minimum atomic E-state index is -0.0924. The molecule has 0 aromatic heterocycles. The van der Waals surface area contributed by atoms with Crippen molar-refractivity contribution in [3.63, 3.8) is 0 Å². The molecule has 212 valence electrons. The molecule has 1 aliphatic rings. The molecule has 0 N–H and O–H groups in total. The maximum Gasteiger partial charge on any atom is 0.0159 e. The number of rotatable bonds is 3. The second-order valence-corrected chi connectivity index (χ2v) is 12.9. The van der Waals surface area contributed by atoms with E-state index in [1.165, 1.54) is 88.0 Å². The Bertz CT molecular complexity index is 2390. The highest BCUT2D eigenvalue weighted by atomic mass is 14.4. The average Bonchev–Trinajstić information content (AvgIpc) is 3.31. The lowest BCUT2D eigenvalue weighted by atomic mass is 9.80. The monoisotopic (exact) mass is 572 g/mol. The van der Waals surface area contributed by atoms with Crippen LogP contribution in [0.3, 0.4) is 0 Å². The molecule has 0 bridgehead atoms. The van der Waals surface area contributed by atoms with Crippen molar-refractivity contribution in [1.82, 2.24) is 0 Å². The maximum atomic E-state index is 2.48. The smallest absolute Gasteiger partial charge is 0.0159 e. The fraction of sp³-hybridized carbons (Fsp3) is 0.0667. The summed E-state index contributed by atoms with van der Waals surface area (Å²) in [5.74, 6) is 0. The third kappa shape index (κ3) is 3.85. The van der Waals surface area contributed by atoms with Gasteiger partial charge in [0.2, 0.25) is 0 Å². The van der Waals surface area contributed by atoms with E-state index in [4.69, 9.17) is 0 Å². The van der Waals surface area contributed by atoms with Crippen LogP contribution in [0.15, 0.2) is 158 Å². The van der Waals surface area contributed by atoms with E-state index in [0.29, 0.717) is 0 Å². The average molecular weight is 573 g/mol. The van der Waals surface area contributed by atoms with E-state index in [1.807, 2.05) is 0 Å². The SMILES string of the molecule is CC1(C)c2cc(-c3c4ccccc4c(-c4ccccc4-c4ccccc4)c4ccccc34)ccc2-c2cc3ccccc3cc21. The zero-order valence-electron chi connectivity index (χ0n) is 25.5. The highest BCUT2D eigenvalue weighted by Gasteiger charge is 2.36. The summed E-state index contributed by atoms with van der Waals surface area (Å²) in [6, 6.07) is 58.3. The van der Waals surface area contributed by atoms with Crippen molar-refractivity contribution in [3.8, 4) is 44.5 Å². The Labute approximate surface area is 264 Å². The number of fused-ring (bicyclic) bond motifs is 6. The molecule has 45 heavy (non-hydrogen) atoms. The normalized spacial score (nSPS) is 13.3. The number of hydrogen-bond donors (Lipinski definition) is 0. The summed E-state index contributed by atoms with van der Waals surface area (Å²) in [6.45, 7) is 4.77. The Morgan fingerprint density at radius 2 is 0.844 bits per heavy atom. The molecule has 1 aliphatic carbocycles. The van der Waals surface area contributed by atoms with Gasteiger partial charge in [-0.05, 0) is 106 Å². The lowest BCUT2D eigenvalue weighted by Gasteiger charge is -2.23. The maximum absolute atomic E-state index is 2.48. The molecule has 0 heteroatoms. The predicted octanol–water partition coefficient (Wildman–Crippen LogP) is 12.5. The van der Waals surface area contributed by atoms with Crippen LogP contribution < -0.4 is 0 Å². The van der Waals surface area contributed by atoms with Crippen molar-refractivity contribution in [1.29, 1.82) is 0 Å². The van der Waals surface area contributed by atoms with Gasteiger partial charge < -0.3 is 0 Å². The van der Waals surface area contributed by atoms with Gasteiger partial charge >= 0.3 is 0 Å². The van der Waals surface area contributed by atoms with Gasteiger partial charge in [0.1, 0.15) is 0 Å². The van der Waals surface area contributed by atoms with Crippen molar-refractivity contribution in [2.45, 2.75) is 19.3 Å². The quantitative estimate of drug-likeness (QED) is 0.185. The molecule has 0 fully saturated rings. The molecule has 8 aromatic carbocycles. The molecule has 9 rings (SSSR count). The minimum Gasteiger partial charge on any atom is -0.0622 e. The van der Waals surface area contributed by atoms with E-state index in [1.54, 1.807) is 0 Å². The van der Waals surface area contributed by atoms with Gasteiger partial charge in [0.05, 0.1) is 0 Å². The molecule has 0 unspecified atom stereocenters. The fourth-order valence-electron chi connectivity index (χ4n) is 7.88. The summed E-state index contributed by atoms with van der Waals surface area (Å²) in [4.78, 5) is 0.